The fourth-order valence-corrected chi connectivity index (χ4v) is 4.08. The van der Waals surface area contributed by atoms with Crippen molar-refractivity contribution in [3.63, 3.8) is 0 Å². The highest BCUT2D eigenvalue weighted by molar-refractivity contribution is 6.31. The zero-order valence-corrected chi connectivity index (χ0v) is 18.2. The highest BCUT2D eigenvalue weighted by Gasteiger charge is 2.21. The van der Waals surface area contributed by atoms with E-state index < -0.39 is 0 Å². The summed E-state index contributed by atoms with van der Waals surface area (Å²) in [5.74, 6) is 0.736. The molecule has 0 fully saturated rings. The van der Waals surface area contributed by atoms with Gasteiger partial charge in [-0.05, 0) is 59.7 Å². The molecule has 0 saturated carbocycles. The third-order valence-corrected chi connectivity index (χ3v) is 5.82. The summed E-state index contributed by atoms with van der Waals surface area (Å²) in [5, 5.41) is 2.48. The summed E-state index contributed by atoms with van der Waals surface area (Å²) < 4.78 is 8.39. The summed E-state index contributed by atoms with van der Waals surface area (Å²) in [6, 6.07) is 21.6. The maximum Gasteiger partial charge on any atom is 0.165 e. The summed E-state index contributed by atoms with van der Waals surface area (Å²) in [4.78, 5) is 7.65. The molecule has 0 aliphatic rings. The Kier molecular flexibility index (Phi) is 5.18. The van der Waals surface area contributed by atoms with Gasteiger partial charge in [0.2, 0.25) is 0 Å². The first kappa shape index (κ1) is 19.7. The zero-order chi connectivity index (χ0) is 21.4. The quantitative estimate of drug-likeness (QED) is 0.313. The molecule has 1 unspecified atom stereocenters. The molecule has 0 spiro atoms. The lowest BCUT2D eigenvalue weighted by atomic mass is 10.00. The Morgan fingerprint density at radius 1 is 0.968 bits per heavy atom. The number of rotatable bonds is 5. The van der Waals surface area contributed by atoms with E-state index in [9.17, 15) is 0 Å². The van der Waals surface area contributed by atoms with Crippen molar-refractivity contribution < 1.29 is 4.74 Å². The molecule has 1 N–H and O–H groups in total. The van der Waals surface area contributed by atoms with Crippen LogP contribution < -0.4 is 4.74 Å². The molecule has 0 amide bonds. The molecule has 5 aromatic rings. The molecule has 6 heteroatoms. The molecule has 5 rings (SSSR count). The SMILES string of the molecule is Cn1cncc1C(Oc1ccc(Cl)cc1)c1ccc2[nH]cc(-c3cccc(Cl)c3)c2c1. The van der Waals surface area contributed by atoms with Crippen LogP contribution in [-0.4, -0.2) is 14.5 Å². The molecule has 0 radical (unpaired) electrons. The molecule has 154 valence electrons. The van der Waals surface area contributed by atoms with Gasteiger partial charge in [0.05, 0.1) is 18.2 Å². The summed E-state index contributed by atoms with van der Waals surface area (Å²) in [6.07, 6.45) is 5.29. The van der Waals surface area contributed by atoms with E-state index in [0.29, 0.717) is 10.0 Å². The van der Waals surface area contributed by atoms with Gasteiger partial charge in [0.15, 0.2) is 6.10 Å². The topological polar surface area (TPSA) is 42.8 Å². The number of hydrogen-bond acceptors (Lipinski definition) is 2. The number of hydrogen-bond donors (Lipinski definition) is 1. The molecule has 0 saturated heterocycles. The summed E-state index contributed by atoms with van der Waals surface area (Å²) >= 11 is 12.3. The maximum atomic E-state index is 6.42. The van der Waals surface area contributed by atoms with Crippen LogP contribution in [0.2, 0.25) is 10.0 Å². The van der Waals surface area contributed by atoms with Crippen LogP contribution in [0.15, 0.2) is 85.5 Å². The van der Waals surface area contributed by atoms with Crippen LogP contribution >= 0.6 is 23.2 Å². The number of benzene rings is 3. The average molecular weight is 448 g/mol. The lowest BCUT2D eigenvalue weighted by Gasteiger charge is -2.20. The number of H-pyrrole nitrogens is 1. The third-order valence-electron chi connectivity index (χ3n) is 5.33. The molecule has 1 atom stereocenters. The summed E-state index contributed by atoms with van der Waals surface area (Å²) in [6.45, 7) is 0. The van der Waals surface area contributed by atoms with E-state index in [0.717, 1.165) is 39.0 Å². The number of fused-ring (bicyclic) bond motifs is 1. The summed E-state index contributed by atoms with van der Waals surface area (Å²) in [5.41, 5.74) is 5.18. The van der Waals surface area contributed by atoms with Crippen molar-refractivity contribution in [1.29, 1.82) is 0 Å². The number of halogens is 2. The van der Waals surface area contributed by atoms with Gasteiger partial charge in [-0.15, -0.1) is 0 Å². The first-order chi connectivity index (χ1) is 15.1. The Labute approximate surface area is 190 Å². The number of imidazole rings is 1. The molecule has 2 heterocycles. The van der Waals surface area contributed by atoms with Gasteiger partial charge in [-0.3, -0.25) is 0 Å². The number of aryl methyl sites for hydroxylation is 1. The van der Waals surface area contributed by atoms with Crippen LogP contribution in [0.3, 0.4) is 0 Å². The van der Waals surface area contributed by atoms with Crippen molar-refractivity contribution in [2.75, 3.05) is 0 Å². The molecular weight excluding hydrogens is 429 g/mol. The molecule has 3 aromatic carbocycles. The van der Waals surface area contributed by atoms with Gasteiger partial charge in [0.1, 0.15) is 5.75 Å². The van der Waals surface area contributed by atoms with Crippen molar-refractivity contribution in [2.24, 2.45) is 7.05 Å². The Balaban J connectivity index is 1.62. The van der Waals surface area contributed by atoms with Crippen molar-refractivity contribution in [1.82, 2.24) is 14.5 Å². The molecule has 4 nitrogen and oxygen atoms in total. The minimum Gasteiger partial charge on any atom is -0.479 e. The largest absolute Gasteiger partial charge is 0.479 e. The minimum atomic E-state index is -0.333. The Hall–Kier alpha value is -3.21. The van der Waals surface area contributed by atoms with Crippen LogP contribution in [0.1, 0.15) is 17.4 Å². The van der Waals surface area contributed by atoms with Gasteiger partial charge in [-0.1, -0.05) is 41.4 Å². The Morgan fingerprint density at radius 2 is 1.81 bits per heavy atom. The smallest absolute Gasteiger partial charge is 0.165 e. The van der Waals surface area contributed by atoms with E-state index in [1.165, 1.54) is 0 Å². The second kappa shape index (κ2) is 8.14. The highest BCUT2D eigenvalue weighted by atomic mass is 35.5. The van der Waals surface area contributed by atoms with E-state index in [1.807, 2.05) is 66.5 Å². The van der Waals surface area contributed by atoms with Crippen LogP contribution in [-0.2, 0) is 7.05 Å². The Bertz CT molecular complexity index is 1350. The predicted molar refractivity (Wildman–Crippen MR) is 126 cm³/mol. The fourth-order valence-electron chi connectivity index (χ4n) is 3.76. The Morgan fingerprint density at radius 3 is 2.55 bits per heavy atom. The number of aromatic amines is 1. The fraction of sp³-hybridized carbons (Fsp3) is 0.0800. The maximum absolute atomic E-state index is 6.42. The predicted octanol–water partition coefficient (Wildman–Crippen LogP) is 7.04. The number of aromatic nitrogens is 3. The molecule has 0 aliphatic carbocycles. The second-order valence-corrected chi connectivity index (χ2v) is 8.27. The molecule has 31 heavy (non-hydrogen) atoms. The molecule has 0 aliphatic heterocycles. The molecular formula is C25H19Cl2N3O. The standard InChI is InChI=1S/C25H19Cl2N3O/c1-30-15-28-14-24(30)25(31-20-8-6-18(26)7-9-20)17-5-10-23-21(12-17)22(13-29-23)16-3-2-4-19(27)11-16/h2-15,25,29H,1H3. The average Bonchev–Trinajstić information content (AvgIpc) is 3.39. The van der Waals surface area contributed by atoms with E-state index in [2.05, 4.69) is 34.2 Å². The summed E-state index contributed by atoms with van der Waals surface area (Å²) in [7, 11) is 1.97. The minimum absolute atomic E-state index is 0.333. The lowest BCUT2D eigenvalue weighted by Crippen LogP contribution is -2.13. The lowest BCUT2D eigenvalue weighted by molar-refractivity contribution is 0.238. The van der Waals surface area contributed by atoms with E-state index in [-0.39, 0.29) is 6.10 Å². The van der Waals surface area contributed by atoms with Crippen LogP contribution in [0.4, 0.5) is 0 Å². The first-order valence-electron chi connectivity index (χ1n) is 9.84. The van der Waals surface area contributed by atoms with Gasteiger partial charge in [0.25, 0.3) is 0 Å². The number of ether oxygens (including phenoxy) is 1. The zero-order valence-electron chi connectivity index (χ0n) is 16.7. The number of nitrogens with zero attached hydrogens (tertiary/aromatic N) is 2. The third kappa shape index (κ3) is 3.92. The van der Waals surface area contributed by atoms with Crippen molar-refractivity contribution in [2.45, 2.75) is 6.10 Å². The van der Waals surface area contributed by atoms with Gasteiger partial charge in [0, 0.05) is 39.8 Å². The molecule has 2 aromatic heterocycles. The van der Waals surface area contributed by atoms with Crippen molar-refractivity contribution in [3.05, 3.63) is 107 Å². The van der Waals surface area contributed by atoms with Gasteiger partial charge in [-0.25, -0.2) is 4.98 Å². The van der Waals surface area contributed by atoms with Crippen LogP contribution in [0, 0.1) is 0 Å². The van der Waals surface area contributed by atoms with E-state index >= 15 is 0 Å². The van der Waals surface area contributed by atoms with Gasteiger partial charge >= 0.3 is 0 Å². The second-order valence-electron chi connectivity index (χ2n) is 7.40. The molecule has 0 bridgehead atoms. The monoisotopic (exact) mass is 447 g/mol. The van der Waals surface area contributed by atoms with Gasteiger partial charge in [-0.2, -0.15) is 0 Å². The van der Waals surface area contributed by atoms with E-state index in [4.69, 9.17) is 27.9 Å². The first-order valence-corrected chi connectivity index (χ1v) is 10.6. The number of nitrogens with one attached hydrogen (secondary N) is 1. The highest BCUT2D eigenvalue weighted by Crippen LogP contribution is 2.35. The van der Waals surface area contributed by atoms with Crippen LogP contribution in [0.5, 0.6) is 5.75 Å². The van der Waals surface area contributed by atoms with Crippen molar-refractivity contribution in [3.8, 4) is 16.9 Å². The normalized spacial score (nSPS) is 12.2. The van der Waals surface area contributed by atoms with E-state index in [1.54, 1.807) is 6.33 Å². The van der Waals surface area contributed by atoms with Gasteiger partial charge < -0.3 is 14.3 Å². The van der Waals surface area contributed by atoms with Crippen LogP contribution in [0.25, 0.3) is 22.0 Å². The van der Waals surface area contributed by atoms with Crippen molar-refractivity contribution >= 4 is 34.1 Å².